The number of nitrogens with one attached hydrogen (secondary N) is 2. The van der Waals surface area contributed by atoms with Gasteiger partial charge >= 0.3 is 0 Å². The maximum Gasteiger partial charge on any atom is 0.245 e. The van der Waals surface area contributed by atoms with Crippen molar-refractivity contribution < 1.29 is 9.79 Å². The van der Waals surface area contributed by atoms with Gasteiger partial charge in [-0.2, -0.15) is 5.10 Å². The molecule has 6 rings (SSSR count). The number of aryl methyl sites for hydroxylation is 2. The van der Waals surface area contributed by atoms with Gasteiger partial charge in [0, 0.05) is 36.8 Å². The van der Waals surface area contributed by atoms with Crippen molar-refractivity contribution in [1.82, 2.24) is 35.6 Å². The van der Waals surface area contributed by atoms with Crippen LogP contribution in [0.5, 0.6) is 5.75 Å². The molecule has 1 saturated heterocycles. The highest BCUT2D eigenvalue weighted by molar-refractivity contribution is 5.78. The van der Waals surface area contributed by atoms with E-state index in [1.165, 1.54) is 12.8 Å². The van der Waals surface area contributed by atoms with Gasteiger partial charge in [0.15, 0.2) is 18.4 Å². The van der Waals surface area contributed by atoms with Crippen molar-refractivity contribution in [2.75, 3.05) is 24.5 Å². The van der Waals surface area contributed by atoms with Crippen LogP contribution in [0.3, 0.4) is 0 Å². The van der Waals surface area contributed by atoms with Gasteiger partial charge in [0.2, 0.25) is 12.1 Å². The second-order valence-corrected chi connectivity index (χ2v) is 8.96. The summed E-state index contributed by atoms with van der Waals surface area (Å²) in [4.78, 5) is 16.0. The zero-order valence-electron chi connectivity index (χ0n) is 18.7. The lowest BCUT2D eigenvalue weighted by molar-refractivity contribution is -0.724. The third-order valence-corrected chi connectivity index (χ3v) is 6.48. The van der Waals surface area contributed by atoms with Gasteiger partial charge in [-0.05, 0) is 37.8 Å². The maximum absolute atomic E-state index is 10.7. The van der Waals surface area contributed by atoms with Crippen LogP contribution in [-0.2, 0) is 7.05 Å². The number of piperazine rings is 1. The molecule has 168 valence electrons. The summed E-state index contributed by atoms with van der Waals surface area (Å²) in [5.74, 6) is 2.07. The molecule has 4 heterocycles. The van der Waals surface area contributed by atoms with Crippen molar-refractivity contribution in [2.45, 2.75) is 25.8 Å². The first-order valence-corrected chi connectivity index (χ1v) is 11.3. The van der Waals surface area contributed by atoms with E-state index in [1.54, 1.807) is 12.3 Å². The van der Waals surface area contributed by atoms with E-state index in [-0.39, 0.29) is 5.75 Å². The van der Waals surface area contributed by atoms with E-state index in [4.69, 9.17) is 0 Å². The molecule has 0 unspecified atom stereocenters. The monoisotopic (exact) mass is 444 g/mol. The SMILES string of the molecule is Cc1nc(-c2ccc(-c3cnc(N4CCN[C@@H](C5CC5)C4)nn3)c(O)c2)nc2c[n+](C)[nH]c12. The molecule has 33 heavy (non-hydrogen) atoms. The van der Waals surface area contributed by atoms with Crippen LogP contribution in [0.4, 0.5) is 5.95 Å². The van der Waals surface area contributed by atoms with Crippen molar-refractivity contribution in [3.05, 3.63) is 36.3 Å². The minimum atomic E-state index is 0.0910. The number of aromatic nitrogens is 7. The Hall–Kier alpha value is -3.66. The lowest BCUT2D eigenvalue weighted by Gasteiger charge is -2.33. The Kier molecular flexibility index (Phi) is 4.68. The zero-order valence-corrected chi connectivity index (χ0v) is 18.7. The van der Waals surface area contributed by atoms with E-state index in [9.17, 15) is 5.11 Å². The Morgan fingerprint density at radius 3 is 2.82 bits per heavy atom. The van der Waals surface area contributed by atoms with Crippen LogP contribution in [0.25, 0.3) is 33.7 Å². The van der Waals surface area contributed by atoms with Crippen molar-refractivity contribution in [2.24, 2.45) is 13.0 Å². The quantitative estimate of drug-likeness (QED) is 0.405. The molecule has 1 atom stereocenters. The lowest BCUT2D eigenvalue weighted by Crippen LogP contribution is -2.52. The maximum atomic E-state index is 10.7. The predicted molar refractivity (Wildman–Crippen MR) is 122 cm³/mol. The summed E-state index contributed by atoms with van der Waals surface area (Å²) in [5.41, 5.74) is 4.41. The fraction of sp³-hybridized carbons (Fsp3) is 0.391. The molecule has 2 fully saturated rings. The molecule has 1 aliphatic heterocycles. The van der Waals surface area contributed by atoms with Gasteiger partial charge in [-0.1, -0.05) is 6.07 Å². The van der Waals surface area contributed by atoms with Crippen LogP contribution < -0.4 is 14.9 Å². The van der Waals surface area contributed by atoms with Gasteiger partial charge in [-0.25, -0.2) is 15.0 Å². The van der Waals surface area contributed by atoms with Gasteiger partial charge < -0.3 is 15.3 Å². The molecule has 0 amide bonds. The van der Waals surface area contributed by atoms with Gasteiger partial charge in [-0.3, -0.25) is 0 Å². The Bertz CT molecular complexity index is 1330. The van der Waals surface area contributed by atoms with Gasteiger partial charge in [0.1, 0.15) is 17.0 Å². The Labute approximate surface area is 190 Å². The van der Waals surface area contributed by atoms with E-state index < -0.39 is 0 Å². The van der Waals surface area contributed by atoms with Crippen molar-refractivity contribution in [3.8, 4) is 28.4 Å². The number of fused-ring (bicyclic) bond motifs is 1. The summed E-state index contributed by atoms with van der Waals surface area (Å²) in [5, 5.41) is 26.2. The standard InChI is InChI=1S/C23H25N9O/c1-13-21-19(11-31(2)30-21)27-22(26-13)15-5-6-16(20(33)9-15)17-10-25-23(29-28-17)32-8-7-24-18(12-32)14-3-4-14/h5-6,9-11,14,18,24H,3-4,7-8,12H2,1-2H3,(H,28,33)/p+1/t18-/m1/s1. The molecule has 0 bridgehead atoms. The fourth-order valence-corrected chi connectivity index (χ4v) is 4.55. The number of hydrogen-bond acceptors (Lipinski definition) is 8. The summed E-state index contributed by atoms with van der Waals surface area (Å²) >= 11 is 0. The highest BCUT2D eigenvalue weighted by Gasteiger charge is 2.34. The second kappa shape index (κ2) is 7.73. The van der Waals surface area contributed by atoms with E-state index in [0.717, 1.165) is 47.8 Å². The molecule has 3 aromatic heterocycles. The molecular weight excluding hydrogens is 418 g/mol. The molecule has 1 aliphatic carbocycles. The lowest BCUT2D eigenvalue weighted by atomic mass is 10.1. The van der Waals surface area contributed by atoms with E-state index in [1.807, 2.05) is 37.0 Å². The normalized spacial score (nSPS) is 18.7. The molecular formula is C23H26N9O+. The van der Waals surface area contributed by atoms with Crippen LogP contribution >= 0.6 is 0 Å². The van der Waals surface area contributed by atoms with E-state index >= 15 is 0 Å². The second-order valence-electron chi connectivity index (χ2n) is 8.96. The predicted octanol–water partition coefficient (Wildman–Crippen LogP) is 1.50. The smallest absolute Gasteiger partial charge is 0.245 e. The van der Waals surface area contributed by atoms with Crippen molar-refractivity contribution in [1.29, 1.82) is 0 Å². The fourth-order valence-electron chi connectivity index (χ4n) is 4.55. The number of aromatic amines is 1. The minimum absolute atomic E-state index is 0.0910. The molecule has 0 spiro atoms. The largest absolute Gasteiger partial charge is 0.507 e. The zero-order chi connectivity index (χ0) is 22.5. The van der Waals surface area contributed by atoms with Gasteiger partial charge in [-0.15, -0.1) is 14.9 Å². The molecule has 10 heteroatoms. The average molecular weight is 445 g/mol. The van der Waals surface area contributed by atoms with Crippen LogP contribution in [0.15, 0.2) is 30.6 Å². The van der Waals surface area contributed by atoms with Crippen molar-refractivity contribution in [3.63, 3.8) is 0 Å². The van der Waals surface area contributed by atoms with Crippen LogP contribution in [-0.4, -0.2) is 61.0 Å². The first-order valence-electron chi connectivity index (χ1n) is 11.3. The number of anilines is 1. The number of benzene rings is 1. The summed E-state index contributed by atoms with van der Waals surface area (Å²) in [7, 11) is 1.91. The number of rotatable bonds is 4. The highest BCUT2D eigenvalue weighted by atomic mass is 16.3. The number of phenolic OH excluding ortho intramolecular Hbond substituents is 1. The molecule has 1 saturated carbocycles. The van der Waals surface area contributed by atoms with Crippen molar-refractivity contribution >= 4 is 17.0 Å². The highest BCUT2D eigenvalue weighted by Crippen LogP contribution is 2.34. The molecule has 10 nitrogen and oxygen atoms in total. The summed E-state index contributed by atoms with van der Waals surface area (Å²) in [6, 6.07) is 5.87. The Morgan fingerprint density at radius 2 is 2.06 bits per heavy atom. The Morgan fingerprint density at radius 1 is 1.18 bits per heavy atom. The Balaban J connectivity index is 1.25. The summed E-state index contributed by atoms with van der Waals surface area (Å²) < 4.78 is 1.85. The van der Waals surface area contributed by atoms with Gasteiger partial charge in [0.05, 0.1) is 11.9 Å². The number of aromatic hydroxyl groups is 1. The molecule has 0 radical (unpaired) electrons. The van der Waals surface area contributed by atoms with Crippen LogP contribution in [0.1, 0.15) is 18.5 Å². The van der Waals surface area contributed by atoms with Gasteiger partial charge in [0.25, 0.3) is 0 Å². The summed E-state index contributed by atoms with van der Waals surface area (Å²) in [6.07, 6.45) is 6.20. The molecule has 1 aromatic carbocycles. The topological polar surface area (TPSA) is 120 Å². The summed E-state index contributed by atoms with van der Waals surface area (Å²) in [6.45, 7) is 4.65. The number of nitrogens with zero attached hydrogens (tertiary/aromatic N) is 7. The molecule has 2 aliphatic rings. The molecule has 3 N–H and O–H groups in total. The van der Waals surface area contributed by atoms with Crippen LogP contribution in [0, 0.1) is 12.8 Å². The number of H-pyrrole nitrogens is 1. The number of hydrogen-bond donors (Lipinski definition) is 3. The first kappa shape index (κ1) is 20.0. The first-order chi connectivity index (χ1) is 16.0. The van der Waals surface area contributed by atoms with E-state index in [0.29, 0.717) is 29.1 Å². The average Bonchev–Trinajstić information content (AvgIpc) is 3.60. The third-order valence-electron chi connectivity index (χ3n) is 6.48. The van der Waals surface area contributed by atoms with E-state index in [2.05, 4.69) is 40.5 Å². The third kappa shape index (κ3) is 3.76. The minimum Gasteiger partial charge on any atom is -0.507 e. The van der Waals surface area contributed by atoms with Crippen LogP contribution in [0.2, 0.25) is 0 Å². The molecule has 4 aromatic rings. The number of phenols is 1.